The number of nitrogen functional groups attached to an aromatic ring is 1. The zero-order valence-corrected chi connectivity index (χ0v) is 8.30. The molecule has 6 nitrogen and oxygen atoms in total. The summed E-state index contributed by atoms with van der Waals surface area (Å²) in [5, 5.41) is 21.0. The van der Waals surface area contributed by atoms with E-state index in [0.29, 0.717) is 18.9 Å². The highest BCUT2D eigenvalue weighted by Crippen LogP contribution is 1.96. The van der Waals surface area contributed by atoms with Crippen LogP contribution in [0, 0.1) is 22.7 Å². The van der Waals surface area contributed by atoms with Crippen molar-refractivity contribution in [1.82, 2.24) is 14.7 Å². The molecule has 0 atom stereocenters. The van der Waals surface area contributed by atoms with Crippen LogP contribution in [0.1, 0.15) is 0 Å². The van der Waals surface area contributed by atoms with E-state index < -0.39 is 0 Å². The zero-order chi connectivity index (χ0) is 11.1. The topological polar surface area (TPSA) is 94.7 Å². The van der Waals surface area contributed by atoms with Crippen LogP contribution in [0.3, 0.4) is 0 Å². The quantitative estimate of drug-likeness (QED) is 0.671. The summed E-state index contributed by atoms with van der Waals surface area (Å²) in [6.07, 6.45) is 1.77. The zero-order valence-electron chi connectivity index (χ0n) is 8.30. The molecule has 0 saturated heterocycles. The highest BCUT2D eigenvalue weighted by molar-refractivity contribution is 5.23. The third-order valence-electron chi connectivity index (χ3n) is 1.90. The Hall–Kier alpha value is -2.05. The van der Waals surface area contributed by atoms with Crippen molar-refractivity contribution in [2.24, 2.45) is 0 Å². The number of anilines is 1. The van der Waals surface area contributed by atoms with Crippen molar-refractivity contribution in [3.63, 3.8) is 0 Å². The lowest BCUT2D eigenvalue weighted by Gasteiger charge is -2.14. The molecule has 0 aromatic carbocycles. The van der Waals surface area contributed by atoms with Gasteiger partial charge < -0.3 is 5.73 Å². The fraction of sp³-hybridized carbons (Fsp3) is 0.444. The van der Waals surface area contributed by atoms with E-state index in [1.807, 2.05) is 12.1 Å². The SMILES string of the molecule is N#CCN(CC#N)CCn1ccc(N)n1. The predicted octanol–water partition coefficient (Wildman–Crippen LogP) is -0.186. The minimum atomic E-state index is 0.254. The van der Waals surface area contributed by atoms with Gasteiger partial charge in [0.25, 0.3) is 0 Å². The summed E-state index contributed by atoms with van der Waals surface area (Å²) in [6.45, 7) is 1.75. The largest absolute Gasteiger partial charge is 0.382 e. The summed E-state index contributed by atoms with van der Waals surface area (Å²) >= 11 is 0. The Balaban J connectivity index is 2.40. The maximum absolute atomic E-state index is 8.52. The van der Waals surface area contributed by atoms with E-state index in [2.05, 4.69) is 5.10 Å². The average molecular weight is 204 g/mol. The third kappa shape index (κ3) is 3.67. The van der Waals surface area contributed by atoms with E-state index in [0.717, 1.165) is 0 Å². The molecule has 78 valence electrons. The first-order chi connectivity index (χ1) is 7.26. The van der Waals surface area contributed by atoms with Gasteiger partial charge in [-0.15, -0.1) is 0 Å². The van der Waals surface area contributed by atoms with Crippen molar-refractivity contribution in [3.05, 3.63) is 12.3 Å². The van der Waals surface area contributed by atoms with E-state index in [4.69, 9.17) is 16.3 Å². The third-order valence-corrected chi connectivity index (χ3v) is 1.90. The standard InChI is InChI=1S/C9H12N6/c10-2-5-14(6-3-11)7-8-15-4-1-9(12)13-15/h1,4H,5-8H2,(H2,12,13). The molecule has 0 amide bonds. The smallest absolute Gasteiger partial charge is 0.145 e. The fourth-order valence-electron chi connectivity index (χ4n) is 1.16. The molecule has 0 spiro atoms. The Kier molecular flexibility index (Phi) is 4.14. The van der Waals surface area contributed by atoms with Crippen LogP contribution >= 0.6 is 0 Å². The number of nitrogens with two attached hydrogens (primary N) is 1. The van der Waals surface area contributed by atoms with Gasteiger partial charge in [-0.3, -0.25) is 9.58 Å². The summed E-state index contributed by atoms with van der Waals surface area (Å²) in [5.41, 5.74) is 5.45. The second kappa shape index (κ2) is 5.63. The molecule has 0 aliphatic heterocycles. The molecule has 0 fully saturated rings. The van der Waals surface area contributed by atoms with E-state index in [1.54, 1.807) is 21.8 Å². The van der Waals surface area contributed by atoms with Crippen molar-refractivity contribution < 1.29 is 0 Å². The highest BCUT2D eigenvalue weighted by Gasteiger charge is 2.03. The Morgan fingerprint density at radius 1 is 1.40 bits per heavy atom. The molecule has 1 aromatic heterocycles. The summed E-state index contributed by atoms with van der Waals surface area (Å²) in [7, 11) is 0. The van der Waals surface area contributed by atoms with Crippen LogP contribution in [0.2, 0.25) is 0 Å². The van der Waals surface area contributed by atoms with E-state index in [-0.39, 0.29) is 13.1 Å². The van der Waals surface area contributed by atoms with Gasteiger partial charge in [0.1, 0.15) is 5.82 Å². The first-order valence-corrected chi connectivity index (χ1v) is 4.51. The number of aromatic nitrogens is 2. The van der Waals surface area contributed by atoms with E-state index in [9.17, 15) is 0 Å². The lowest BCUT2D eigenvalue weighted by Crippen LogP contribution is -2.28. The normalized spacial score (nSPS) is 9.80. The van der Waals surface area contributed by atoms with Crippen LogP contribution in [0.25, 0.3) is 0 Å². The molecular weight excluding hydrogens is 192 g/mol. The van der Waals surface area contributed by atoms with Crippen LogP contribution < -0.4 is 5.73 Å². The molecular formula is C9H12N6. The molecule has 0 bridgehead atoms. The number of hydrogen-bond acceptors (Lipinski definition) is 5. The van der Waals surface area contributed by atoms with Crippen molar-refractivity contribution in [2.75, 3.05) is 25.4 Å². The Bertz CT molecular complexity index is 366. The second-order valence-electron chi connectivity index (χ2n) is 3.03. The fourth-order valence-corrected chi connectivity index (χ4v) is 1.16. The number of nitrogens with zero attached hydrogens (tertiary/aromatic N) is 5. The van der Waals surface area contributed by atoms with Gasteiger partial charge >= 0.3 is 0 Å². The molecule has 2 N–H and O–H groups in total. The van der Waals surface area contributed by atoms with Crippen molar-refractivity contribution in [3.8, 4) is 12.1 Å². The van der Waals surface area contributed by atoms with Gasteiger partial charge in [0, 0.05) is 12.7 Å². The summed E-state index contributed by atoms with van der Waals surface area (Å²) in [4.78, 5) is 1.75. The number of nitriles is 2. The van der Waals surface area contributed by atoms with Gasteiger partial charge in [-0.2, -0.15) is 15.6 Å². The summed E-state index contributed by atoms with van der Waals surface area (Å²) in [6, 6.07) is 5.74. The molecule has 0 unspecified atom stereocenters. The first-order valence-electron chi connectivity index (χ1n) is 4.51. The Morgan fingerprint density at radius 3 is 2.53 bits per heavy atom. The lowest BCUT2D eigenvalue weighted by atomic mass is 10.4. The van der Waals surface area contributed by atoms with Gasteiger partial charge in [0.15, 0.2) is 0 Å². The molecule has 1 heterocycles. The molecule has 0 aliphatic carbocycles. The van der Waals surface area contributed by atoms with Gasteiger partial charge in [-0.25, -0.2) is 0 Å². The van der Waals surface area contributed by atoms with Gasteiger partial charge in [0.2, 0.25) is 0 Å². The van der Waals surface area contributed by atoms with E-state index in [1.165, 1.54) is 0 Å². The van der Waals surface area contributed by atoms with Crippen molar-refractivity contribution >= 4 is 5.82 Å². The van der Waals surface area contributed by atoms with E-state index >= 15 is 0 Å². The van der Waals surface area contributed by atoms with Gasteiger partial charge in [-0.05, 0) is 6.07 Å². The van der Waals surface area contributed by atoms with Crippen molar-refractivity contribution in [2.45, 2.75) is 6.54 Å². The minimum absolute atomic E-state index is 0.254. The van der Waals surface area contributed by atoms with Gasteiger partial charge in [-0.1, -0.05) is 0 Å². The van der Waals surface area contributed by atoms with Crippen LogP contribution in [-0.4, -0.2) is 34.3 Å². The predicted molar refractivity (Wildman–Crippen MR) is 54.3 cm³/mol. The second-order valence-corrected chi connectivity index (χ2v) is 3.03. The molecule has 15 heavy (non-hydrogen) atoms. The maximum Gasteiger partial charge on any atom is 0.145 e. The minimum Gasteiger partial charge on any atom is -0.382 e. The van der Waals surface area contributed by atoms with Crippen LogP contribution in [0.5, 0.6) is 0 Å². The molecule has 0 saturated carbocycles. The van der Waals surface area contributed by atoms with Crippen LogP contribution in [0.4, 0.5) is 5.82 Å². The van der Waals surface area contributed by atoms with Crippen LogP contribution in [0.15, 0.2) is 12.3 Å². The lowest BCUT2D eigenvalue weighted by molar-refractivity contribution is 0.319. The molecule has 0 aliphatic rings. The molecule has 1 aromatic rings. The molecule has 6 heteroatoms. The molecule has 1 rings (SSSR count). The number of rotatable bonds is 5. The summed E-state index contributed by atoms with van der Waals surface area (Å²) < 4.78 is 1.69. The summed E-state index contributed by atoms with van der Waals surface area (Å²) in [5.74, 6) is 0.474. The monoisotopic (exact) mass is 204 g/mol. The van der Waals surface area contributed by atoms with Gasteiger partial charge in [0.05, 0.1) is 31.8 Å². The number of hydrogen-bond donors (Lipinski definition) is 1. The maximum atomic E-state index is 8.52. The van der Waals surface area contributed by atoms with Crippen LogP contribution in [-0.2, 0) is 6.54 Å². The Morgan fingerprint density at radius 2 is 2.07 bits per heavy atom. The first kappa shape index (κ1) is 11.0. The molecule has 0 radical (unpaired) electrons. The van der Waals surface area contributed by atoms with Crippen molar-refractivity contribution in [1.29, 1.82) is 10.5 Å². The average Bonchev–Trinajstić information content (AvgIpc) is 2.61. The highest BCUT2D eigenvalue weighted by atomic mass is 15.3. The Labute approximate surface area is 88.1 Å².